The van der Waals surface area contributed by atoms with Gasteiger partial charge in [-0.1, -0.05) is 63.2 Å². The van der Waals surface area contributed by atoms with E-state index in [2.05, 4.69) is 68.6 Å². The minimum Gasteiger partial charge on any atom is -0.316 e. The Bertz CT molecular complexity index is 525. The van der Waals surface area contributed by atoms with Crippen molar-refractivity contribution in [1.82, 2.24) is 5.32 Å². The third-order valence-corrected chi connectivity index (χ3v) is 4.14. The van der Waals surface area contributed by atoms with Crippen LogP contribution in [0.3, 0.4) is 0 Å². The van der Waals surface area contributed by atoms with Gasteiger partial charge in [0.15, 0.2) is 0 Å². The Labute approximate surface area is 123 Å². The second-order valence-electron chi connectivity index (χ2n) is 6.05. The maximum absolute atomic E-state index is 3.58. The molecule has 1 unspecified atom stereocenters. The number of fused-ring (bicyclic) bond motifs is 1. The average molecular weight is 269 g/mol. The molecule has 1 heteroatoms. The third kappa shape index (κ3) is 3.83. The van der Waals surface area contributed by atoms with E-state index in [1.807, 2.05) is 0 Å². The molecular weight excluding hydrogens is 242 g/mol. The maximum atomic E-state index is 3.58. The van der Waals surface area contributed by atoms with E-state index >= 15 is 0 Å². The van der Waals surface area contributed by atoms with Gasteiger partial charge in [-0.2, -0.15) is 0 Å². The molecule has 0 aliphatic heterocycles. The molecule has 1 nitrogen and oxygen atoms in total. The number of hydrogen-bond acceptors (Lipinski definition) is 1. The van der Waals surface area contributed by atoms with Gasteiger partial charge in [0.05, 0.1) is 0 Å². The van der Waals surface area contributed by atoms with Crippen LogP contribution < -0.4 is 5.32 Å². The molecule has 20 heavy (non-hydrogen) atoms. The number of rotatable bonds is 7. The van der Waals surface area contributed by atoms with Gasteiger partial charge in [0, 0.05) is 0 Å². The molecular formula is C19H27N. The second kappa shape index (κ2) is 7.44. The fourth-order valence-electron chi connectivity index (χ4n) is 2.76. The molecule has 0 aliphatic carbocycles. The summed E-state index contributed by atoms with van der Waals surface area (Å²) in [4.78, 5) is 0. The average Bonchev–Trinajstić information content (AvgIpc) is 2.46. The van der Waals surface area contributed by atoms with Crippen LogP contribution in [-0.2, 0) is 6.42 Å². The molecule has 0 saturated carbocycles. The summed E-state index contributed by atoms with van der Waals surface area (Å²) in [7, 11) is 0. The summed E-state index contributed by atoms with van der Waals surface area (Å²) in [5.74, 6) is 1.41. The van der Waals surface area contributed by atoms with Crippen molar-refractivity contribution in [2.75, 3.05) is 13.1 Å². The lowest BCUT2D eigenvalue weighted by Gasteiger charge is -2.22. The van der Waals surface area contributed by atoms with Gasteiger partial charge < -0.3 is 5.32 Å². The highest BCUT2D eigenvalue weighted by Gasteiger charge is 2.14. The van der Waals surface area contributed by atoms with E-state index in [0.717, 1.165) is 19.5 Å². The SMILES string of the molecule is CCCNCC(Cc1cccc2ccccc12)C(C)C. The van der Waals surface area contributed by atoms with Crippen LogP contribution in [0.15, 0.2) is 42.5 Å². The number of benzene rings is 2. The number of hydrogen-bond donors (Lipinski definition) is 1. The van der Waals surface area contributed by atoms with Crippen molar-refractivity contribution in [3.63, 3.8) is 0 Å². The first-order valence-electron chi connectivity index (χ1n) is 7.89. The molecule has 1 N–H and O–H groups in total. The molecule has 1 atom stereocenters. The minimum absolute atomic E-state index is 0.701. The van der Waals surface area contributed by atoms with Crippen molar-refractivity contribution in [3.8, 4) is 0 Å². The van der Waals surface area contributed by atoms with Gasteiger partial charge in [0.2, 0.25) is 0 Å². The predicted octanol–water partition coefficient (Wildman–Crippen LogP) is 4.65. The minimum atomic E-state index is 0.701. The van der Waals surface area contributed by atoms with Crippen molar-refractivity contribution in [1.29, 1.82) is 0 Å². The first-order chi connectivity index (χ1) is 9.72. The van der Waals surface area contributed by atoms with E-state index in [1.165, 1.54) is 22.8 Å². The molecule has 0 amide bonds. The molecule has 0 aromatic heterocycles. The van der Waals surface area contributed by atoms with Gasteiger partial charge in [-0.05, 0) is 54.1 Å². The van der Waals surface area contributed by atoms with Crippen LogP contribution in [0.25, 0.3) is 10.8 Å². The molecule has 108 valence electrons. The van der Waals surface area contributed by atoms with E-state index in [9.17, 15) is 0 Å². The van der Waals surface area contributed by atoms with E-state index in [4.69, 9.17) is 0 Å². The largest absolute Gasteiger partial charge is 0.316 e. The summed E-state index contributed by atoms with van der Waals surface area (Å²) >= 11 is 0. The highest BCUT2D eigenvalue weighted by molar-refractivity contribution is 5.85. The third-order valence-electron chi connectivity index (χ3n) is 4.14. The Morgan fingerprint density at radius 1 is 1.00 bits per heavy atom. The van der Waals surface area contributed by atoms with E-state index in [-0.39, 0.29) is 0 Å². The summed E-state index contributed by atoms with van der Waals surface area (Å²) < 4.78 is 0. The fourth-order valence-corrected chi connectivity index (χ4v) is 2.76. The van der Waals surface area contributed by atoms with Crippen molar-refractivity contribution >= 4 is 10.8 Å². The Morgan fingerprint density at radius 2 is 1.75 bits per heavy atom. The van der Waals surface area contributed by atoms with Gasteiger partial charge in [-0.15, -0.1) is 0 Å². The Hall–Kier alpha value is -1.34. The van der Waals surface area contributed by atoms with Crippen LogP contribution in [0.1, 0.15) is 32.8 Å². The summed E-state index contributed by atoms with van der Waals surface area (Å²) in [5.41, 5.74) is 1.49. The number of nitrogens with one attached hydrogen (secondary N) is 1. The van der Waals surface area contributed by atoms with Crippen molar-refractivity contribution in [2.45, 2.75) is 33.6 Å². The summed E-state index contributed by atoms with van der Waals surface area (Å²) in [5, 5.41) is 6.35. The molecule has 0 saturated heterocycles. The summed E-state index contributed by atoms with van der Waals surface area (Å²) in [6.07, 6.45) is 2.37. The quantitative estimate of drug-likeness (QED) is 0.721. The van der Waals surface area contributed by atoms with Crippen LogP contribution in [-0.4, -0.2) is 13.1 Å². The predicted molar refractivity (Wildman–Crippen MR) is 89.1 cm³/mol. The van der Waals surface area contributed by atoms with E-state index in [0.29, 0.717) is 11.8 Å². The highest BCUT2D eigenvalue weighted by atomic mass is 14.9. The zero-order valence-electron chi connectivity index (χ0n) is 13.0. The van der Waals surface area contributed by atoms with Gasteiger partial charge >= 0.3 is 0 Å². The first kappa shape index (κ1) is 15.1. The summed E-state index contributed by atoms with van der Waals surface area (Å²) in [6.45, 7) is 9.14. The Morgan fingerprint density at radius 3 is 2.50 bits per heavy atom. The van der Waals surface area contributed by atoms with E-state index < -0.39 is 0 Å². The lowest BCUT2D eigenvalue weighted by molar-refractivity contribution is 0.362. The van der Waals surface area contributed by atoms with Crippen molar-refractivity contribution < 1.29 is 0 Å². The van der Waals surface area contributed by atoms with Crippen LogP contribution in [0.2, 0.25) is 0 Å². The molecule has 2 aromatic carbocycles. The second-order valence-corrected chi connectivity index (χ2v) is 6.05. The van der Waals surface area contributed by atoms with E-state index in [1.54, 1.807) is 0 Å². The van der Waals surface area contributed by atoms with Crippen LogP contribution in [0.4, 0.5) is 0 Å². The van der Waals surface area contributed by atoms with Gasteiger partial charge in [0.25, 0.3) is 0 Å². The zero-order valence-corrected chi connectivity index (χ0v) is 13.0. The standard InChI is InChI=1S/C19H27N/c1-4-12-20-14-18(15(2)3)13-17-10-7-9-16-8-5-6-11-19(16)17/h5-11,15,18,20H,4,12-14H2,1-3H3. The molecule has 2 aromatic rings. The lowest BCUT2D eigenvalue weighted by Crippen LogP contribution is -2.28. The Balaban J connectivity index is 2.15. The summed E-state index contributed by atoms with van der Waals surface area (Å²) in [6, 6.07) is 15.4. The maximum Gasteiger partial charge on any atom is -0.00149 e. The Kier molecular flexibility index (Phi) is 5.60. The first-order valence-corrected chi connectivity index (χ1v) is 7.89. The van der Waals surface area contributed by atoms with Gasteiger partial charge in [-0.3, -0.25) is 0 Å². The fraction of sp³-hybridized carbons (Fsp3) is 0.474. The molecule has 0 radical (unpaired) electrons. The van der Waals surface area contributed by atoms with Gasteiger partial charge in [-0.25, -0.2) is 0 Å². The molecule has 2 rings (SSSR count). The molecule has 0 aliphatic rings. The van der Waals surface area contributed by atoms with Crippen molar-refractivity contribution in [2.24, 2.45) is 11.8 Å². The monoisotopic (exact) mass is 269 g/mol. The van der Waals surface area contributed by atoms with Crippen LogP contribution in [0.5, 0.6) is 0 Å². The normalized spacial score (nSPS) is 13.0. The topological polar surface area (TPSA) is 12.0 Å². The van der Waals surface area contributed by atoms with Crippen LogP contribution in [0, 0.1) is 11.8 Å². The van der Waals surface area contributed by atoms with Crippen LogP contribution >= 0.6 is 0 Å². The smallest absolute Gasteiger partial charge is 0.00149 e. The highest BCUT2D eigenvalue weighted by Crippen LogP contribution is 2.24. The van der Waals surface area contributed by atoms with Gasteiger partial charge in [0.1, 0.15) is 0 Å². The molecule has 0 heterocycles. The molecule has 0 bridgehead atoms. The molecule has 0 fully saturated rings. The molecule has 0 spiro atoms. The van der Waals surface area contributed by atoms with Crippen molar-refractivity contribution in [3.05, 3.63) is 48.0 Å². The zero-order chi connectivity index (χ0) is 14.4. The lowest BCUT2D eigenvalue weighted by atomic mass is 9.87.